The van der Waals surface area contributed by atoms with Gasteiger partial charge in [0, 0.05) is 25.2 Å². The average Bonchev–Trinajstić information content (AvgIpc) is 2.27. The summed E-state index contributed by atoms with van der Waals surface area (Å²) in [7, 11) is 0. The van der Waals surface area contributed by atoms with Crippen molar-refractivity contribution in [1.82, 2.24) is 4.90 Å². The molecule has 1 rings (SSSR count). The molecule has 17 heavy (non-hydrogen) atoms. The molecule has 0 spiro atoms. The minimum atomic E-state index is 0.373. The van der Waals surface area contributed by atoms with E-state index in [1.807, 2.05) is 0 Å². The van der Waals surface area contributed by atoms with E-state index in [0.717, 1.165) is 6.61 Å². The average molecular weight is 241 g/mol. The third-order valence-electron chi connectivity index (χ3n) is 3.83. The van der Waals surface area contributed by atoms with E-state index in [0.29, 0.717) is 17.6 Å². The van der Waals surface area contributed by atoms with E-state index >= 15 is 0 Å². The molecule has 2 nitrogen and oxygen atoms in total. The lowest BCUT2D eigenvalue weighted by Crippen LogP contribution is -2.49. The summed E-state index contributed by atoms with van der Waals surface area (Å²) < 4.78 is 5.94. The molecule has 0 aromatic rings. The molecule has 0 aromatic heterocycles. The molecule has 0 radical (unpaired) electrons. The van der Waals surface area contributed by atoms with E-state index in [-0.39, 0.29) is 0 Å². The van der Waals surface area contributed by atoms with Crippen LogP contribution in [-0.2, 0) is 4.74 Å². The molecule has 1 heterocycles. The molecule has 1 saturated heterocycles. The molecule has 1 aliphatic heterocycles. The lowest BCUT2D eigenvalue weighted by atomic mass is 9.93. The first-order valence-electron chi connectivity index (χ1n) is 7.32. The molecular weight excluding hydrogens is 210 g/mol. The quantitative estimate of drug-likeness (QED) is 0.703. The lowest BCUT2D eigenvalue weighted by Gasteiger charge is -2.43. The second-order valence-electron chi connectivity index (χ2n) is 6.48. The van der Waals surface area contributed by atoms with Crippen LogP contribution >= 0.6 is 0 Å². The predicted octanol–water partition coefficient (Wildman–Crippen LogP) is 3.70. The Labute approximate surface area is 108 Å². The molecule has 0 atom stereocenters. The molecule has 0 bridgehead atoms. The molecule has 1 fully saturated rings. The van der Waals surface area contributed by atoms with Crippen molar-refractivity contribution in [2.75, 3.05) is 19.7 Å². The summed E-state index contributed by atoms with van der Waals surface area (Å²) in [5.74, 6) is 0.657. The zero-order valence-electron chi connectivity index (χ0n) is 12.5. The van der Waals surface area contributed by atoms with E-state index in [1.54, 1.807) is 0 Å². The molecule has 102 valence electrons. The summed E-state index contributed by atoms with van der Waals surface area (Å²) in [5.41, 5.74) is 0.373. The molecule has 0 aromatic carbocycles. The van der Waals surface area contributed by atoms with Gasteiger partial charge in [-0.2, -0.15) is 0 Å². The van der Waals surface area contributed by atoms with Gasteiger partial charge >= 0.3 is 0 Å². The number of piperidine rings is 1. The fourth-order valence-electron chi connectivity index (χ4n) is 2.73. The van der Waals surface area contributed by atoms with Crippen LogP contribution in [0.4, 0.5) is 0 Å². The highest BCUT2D eigenvalue weighted by Gasteiger charge is 2.30. The van der Waals surface area contributed by atoms with Crippen LogP contribution in [0.1, 0.15) is 60.3 Å². The predicted molar refractivity (Wildman–Crippen MR) is 74.4 cm³/mol. The standard InChI is InChI=1S/C15H31NO/c1-6-9-15(4,5)16-10-7-14(8-11-16)17-12-13(2)3/h13-14H,6-12H2,1-5H3. The SMILES string of the molecule is CCCC(C)(C)N1CCC(OCC(C)C)CC1. The zero-order chi connectivity index (χ0) is 12.9. The Hall–Kier alpha value is -0.0800. The Morgan fingerprint density at radius 1 is 1.24 bits per heavy atom. The van der Waals surface area contributed by atoms with Crippen molar-refractivity contribution in [1.29, 1.82) is 0 Å². The van der Waals surface area contributed by atoms with E-state index in [4.69, 9.17) is 4.74 Å². The molecule has 2 heteroatoms. The molecular formula is C15H31NO. The van der Waals surface area contributed by atoms with Crippen LogP contribution in [0.3, 0.4) is 0 Å². The number of rotatable bonds is 6. The Kier molecular flexibility index (Phi) is 5.94. The first-order chi connectivity index (χ1) is 7.95. The molecule has 0 amide bonds. The number of hydrogen-bond acceptors (Lipinski definition) is 2. The fourth-order valence-corrected chi connectivity index (χ4v) is 2.73. The third kappa shape index (κ3) is 4.97. The third-order valence-corrected chi connectivity index (χ3v) is 3.83. The lowest BCUT2D eigenvalue weighted by molar-refractivity contribution is -0.0265. The first-order valence-corrected chi connectivity index (χ1v) is 7.32. The van der Waals surface area contributed by atoms with Gasteiger partial charge in [0.15, 0.2) is 0 Å². The van der Waals surface area contributed by atoms with Gasteiger partial charge in [0.2, 0.25) is 0 Å². The Morgan fingerprint density at radius 2 is 1.82 bits per heavy atom. The van der Waals surface area contributed by atoms with Crippen molar-refractivity contribution in [3.8, 4) is 0 Å². The van der Waals surface area contributed by atoms with Gasteiger partial charge in [-0.15, -0.1) is 0 Å². The summed E-state index contributed by atoms with van der Waals surface area (Å²) in [6.07, 6.45) is 5.49. The number of hydrogen-bond donors (Lipinski definition) is 0. The number of nitrogens with zero attached hydrogens (tertiary/aromatic N) is 1. The topological polar surface area (TPSA) is 12.5 Å². The van der Waals surface area contributed by atoms with Crippen LogP contribution in [-0.4, -0.2) is 36.2 Å². The van der Waals surface area contributed by atoms with Gasteiger partial charge in [-0.1, -0.05) is 27.2 Å². The van der Waals surface area contributed by atoms with Gasteiger partial charge in [0.1, 0.15) is 0 Å². The molecule has 0 aliphatic carbocycles. The van der Waals surface area contributed by atoms with Crippen molar-refractivity contribution >= 4 is 0 Å². The smallest absolute Gasteiger partial charge is 0.0599 e. The molecule has 0 N–H and O–H groups in total. The Bertz CT molecular complexity index is 205. The molecule has 1 aliphatic rings. The molecule has 0 unspecified atom stereocenters. The monoisotopic (exact) mass is 241 g/mol. The molecule has 0 saturated carbocycles. The maximum Gasteiger partial charge on any atom is 0.0599 e. The van der Waals surface area contributed by atoms with Gasteiger partial charge in [-0.05, 0) is 39.0 Å². The number of ether oxygens (including phenoxy) is 1. The summed E-state index contributed by atoms with van der Waals surface area (Å²) in [6, 6.07) is 0. The van der Waals surface area contributed by atoms with Crippen LogP contribution in [0.15, 0.2) is 0 Å². The largest absolute Gasteiger partial charge is 0.378 e. The van der Waals surface area contributed by atoms with Crippen LogP contribution in [0.5, 0.6) is 0 Å². The zero-order valence-corrected chi connectivity index (χ0v) is 12.5. The summed E-state index contributed by atoms with van der Waals surface area (Å²) in [5, 5.41) is 0. The van der Waals surface area contributed by atoms with Gasteiger partial charge in [0.05, 0.1) is 6.10 Å². The summed E-state index contributed by atoms with van der Waals surface area (Å²) in [4.78, 5) is 2.64. The van der Waals surface area contributed by atoms with Crippen LogP contribution in [0.2, 0.25) is 0 Å². The van der Waals surface area contributed by atoms with Crippen LogP contribution < -0.4 is 0 Å². The minimum absolute atomic E-state index is 0.373. The van der Waals surface area contributed by atoms with Crippen LogP contribution in [0.25, 0.3) is 0 Å². The normalized spacial score (nSPS) is 20.1. The van der Waals surface area contributed by atoms with E-state index < -0.39 is 0 Å². The highest BCUT2D eigenvalue weighted by atomic mass is 16.5. The van der Waals surface area contributed by atoms with Gasteiger partial charge in [-0.25, -0.2) is 0 Å². The highest BCUT2D eigenvalue weighted by molar-refractivity contribution is 4.85. The van der Waals surface area contributed by atoms with Gasteiger partial charge in [-0.3, -0.25) is 4.90 Å². The van der Waals surface area contributed by atoms with Gasteiger partial charge < -0.3 is 4.74 Å². The van der Waals surface area contributed by atoms with E-state index in [1.165, 1.54) is 38.8 Å². The number of likely N-dealkylation sites (tertiary alicyclic amines) is 1. The van der Waals surface area contributed by atoms with Crippen molar-refractivity contribution in [2.45, 2.75) is 71.9 Å². The summed E-state index contributed by atoms with van der Waals surface area (Å²) in [6.45, 7) is 14.8. The highest BCUT2D eigenvalue weighted by Crippen LogP contribution is 2.26. The maximum absolute atomic E-state index is 5.94. The van der Waals surface area contributed by atoms with Crippen molar-refractivity contribution in [2.24, 2.45) is 5.92 Å². The van der Waals surface area contributed by atoms with Crippen molar-refractivity contribution in [3.05, 3.63) is 0 Å². The second-order valence-corrected chi connectivity index (χ2v) is 6.48. The first kappa shape index (κ1) is 15.0. The van der Waals surface area contributed by atoms with E-state index in [9.17, 15) is 0 Å². The minimum Gasteiger partial charge on any atom is -0.378 e. The second kappa shape index (κ2) is 6.75. The Balaban J connectivity index is 2.30. The van der Waals surface area contributed by atoms with Crippen LogP contribution in [0, 0.1) is 5.92 Å². The van der Waals surface area contributed by atoms with Crippen molar-refractivity contribution in [3.63, 3.8) is 0 Å². The van der Waals surface area contributed by atoms with E-state index in [2.05, 4.69) is 39.5 Å². The summed E-state index contributed by atoms with van der Waals surface area (Å²) >= 11 is 0. The van der Waals surface area contributed by atoms with Gasteiger partial charge in [0.25, 0.3) is 0 Å². The van der Waals surface area contributed by atoms with Crippen molar-refractivity contribution < 1.29 is 4.74 Å². The maximum atomic E-state index is 5.94. The fraction of sp³-hybridized carbons (Fsp3) is 1.00. The Morgan fingerprint density at radius 3 is 2.29 bits per heavy atom.